The minimum absolute atomic E-state index is 0.103. The molecule has 0 aromatic heterocycles. The van der Waals surface area contributed by atoms with Crippen molar-refractivity contribution in [1.29, 1.82) is 0 Å². The zero-order valence-corrected chi connectivity index (χ0v) is 10.1. The van der Waals surface area contributed by atoms with E-state index in [1.54, 1.807) is 14.2 Å². The van der Waals surface area contributed by atoms with Crippen LogP contribution >= 0.6 is 0 Å². The normalized spacial score (nSPS) is 24.0. The van der Waals surface area contributed by atoms with Crippen LogP contribution in [0.1, 0.15) is 10.4 Å². The van der Waals surface area contributed by atoms with Crippen LogP contribution in [0.25, 0.3) is 0 Å². The molecule has 1 aliphatic rings. The van der Waals surface area contributed by atoms with Crippen molar-refractivity contribution in [3.63, 3.8) is 0 Å². The Morgan fingerprint density at radius 1 is 1.12 bits per heavy atom. The Morgan fingerprint density at radius 2 is 1.65 bits per heavy atom. The fourth-order valence-corrected chi connectivity index (χ4v) is 2.17. The summed E-state index contributed by atoms with van der Waals surface area (Å²) in [5.41, 5.74) is 1.79. The molecule has 92 valence electrons. The van der Waals surface area contributed by atoms with Crippen molar-refractivity contribution in [2.24, 2.45) is 0 Å². The molecule has 1 fully saturated rings. The molecule has 4 nitrogen and oxygen atoms in total. The molecule has 0 amide bonds. The first kappa shape index (κ1) is 12.1. The molecule has 1 aromatic rings. The summed E-state index contributed by atoms with van der Waals surface area (Å²) in [6, 6.07) is 7.55. The van der Waals surface area contributed by atoms with Gasteiger partial charge < -0.3 is 14.4 Å². The van der Waals surface area contributed by atoms with E-state index in [4.69, 9.17) is 9.47 Å². The van der Waals surface area contributed by atoms with E-state index in [1.807, 2.05) is 24.3 Å². The van der Waals surface area contributed by atoms with Gasteiger partial charge in [-0.1, -0.05) is 0 Å². The van der Waals surface area contributed by atoms with Crippen molar-refractivity contribution in [2.45, 2.75) is 12.2 Å². The van der Waals surface area contributed by atoms with Crippen LogP contribution in [0.5, 0.6) is 0 Å². The van der Waals surface area contributed by atoms with E-state index in [2.05, 4.69) is 4.90 Å². The van der Waals surface area contributed by atoms with Gasteiger partial charge in [-0.25, -0.2) is 0 Å². The number of methoxy groups -OCH3 is 2. The molecule has 1 aromatic carbocycles. The van der Waals surface area contributed by atoms with Gasteiger partial charge in [0.25, 0.3) is 0 Å². The lowest BCUT2D eigenvalue weighted by molar-refractivity contribution is -0.00461. The number of ether oxygens (including phenoxy) is 2. The third-order valence-corrected chi connectivity index (χ3v) is 3.22. The molecule has 1 heterocycles. The molecule has 0 N–H and O–H groups in total. The highest BCUT2D eigenvalue weighted by Gasteiger charge is 2.32. The Kier molecular flexibility index (Phi) is 3.76. The molecular weight excluding hydrogens is 218 g/mol. The number of carbonyl (C=O) groups excluding carboxylic acids is 1. The minimum atomic E-state index is 0.103. The molecule has 1 saturated heterocycles. The fourth-order valence-electron chi connectivity index (χ4n) is 2.17. The van der Waals surface area contributed by atoms with Crippen LogP contribution in [0, 0.1) is 0 Å². The Hall–Kier alpha value is -1.39. The molecule has 0 aliphatic carbocycles. The second-order valence-corrected chi connectivity index (χ2v) is 4.16. The van der Waals surface area contributed by atoms with Crippen molar-refractivity contribution in [3.8, 4) is 0 Å². The van der Waals surface area contributed by atoms with Gasteiger partial charge in [0.1, 0.15) is 18.5 Å². The van der Waals surface area contributed by atoms with Gasteiger partial charge in [0.15, 0.2) is 0 Å². The molecule has 0 saturated carbocycles. The first-order valence-electron chi connectivity index (χ1n) is 5.64. The van der Waals surface area contributed by atoms with Gasteiger partial charge in [-0.2, -0.15) is 0 Å². The Bertz CT molecular complexity index is 365. The van der Waals surface area contributed by atoms with Gasteiger partial charge in [-0.15, -0.1) is 0 Å². The zero-order valence-electron chi connectivity index (χ0n) is 10.1. The fraction of sp³-hybridized carbons (Fsp3) is 0.462. The highest BCUT2D eigenvalue weighted by atomic mass is 16.5. The number of aldehydes is 1. The van der Waals surface area contributed by atoms with Gasteiger partial charge in [0.05, 0.1) is 0 Å². The minimum Gasteiger partial charge on any atom is -0.377 e. The molecule has 2 atom stereocenters. The number of rotatable bonds is 4. The van der Waals surface area contributed by atoms with E-state index >= 15 is 0 Å². The molecule has 0 bridgehead atoms. The summed E-state index contributed by atoms with van der Waals surface area (Å²) < 4.78 is 10.8. The Balaban J connectivity index is 2.10. The van der Waals surface area contributed by atoms with Crippen LogP contribution in [-0.2, 0) is 9.47 Å². The van der Waals surface area contributed by atoms with Gasteiger partial charge >= 0.3 is 0 Å². The highest BCUT2D eigenvalue weighted by molar-refractivity contribution is 5.75. The maximum atomic E-state index is 10.6. The van der Waals surface area contributed by atoms with Crippen molar-refractivity contribution in [2.75, 3.05) is 32.2 Å². The third-order valence-electron chi connectivity index (χ3n) is 3.22. The summed E-state index contributed by atoms with van der Waals surface area (Å²) in [5, 5.41) is 0. The predicted molar refractivity (Wildman–Crippen MR) is 65.6 cm³/mol. The lowest BCUT2D eigenvalue weighted by Crippen LogP contribution is -2.27. The first-order valence-corrected chi connectivity index (χ1v) is 5.64. The van der Waals surface area contributed by atoms with E-state index in [1.165, 1.54) is 0 Å². The SMILES string of the molecule is COC1CN(c2ccc(C=O)cc2)CC1OC. The molecule has 17 heavy (non-hydrogen) atoms. The second kappa shape index (κ2) is 5.29. The predicted octanol–water partition coefficient (Wildman–Crippen LogP) is 1.35. The molecule has 2 rings (SSSR count). The van der Waals surface area contributed by atoms with Crippen molar-refractivity contribution < 1.29 is 14.3 Å². The van der Waals surface area contributed by atoms with Crippen LogP contribution in [0.3, 0.4) is 0 Å². The van der Waals surface area contributed by atoms with Gasteiger partial charge in [-0.3, -0.25) is 4.79 Å². The maximum absolute atomic E-state index is 10.6. The summed E-state index contributed by atoms with van der Waals surface area (Å²) in [4.78, 5) is 12.8. The highest BCUT2D eigenvalue weighted by Crippen LogP contribution is 2.23. The summed E-state index contributed by atoms with van der Waals surface area (Å²) in [7, 11) is 3.41. The van der Waals surface area contributed by atoms with E-state index in [0.717, 1.165) is 25.1 Å². The Morgan fingerprint density at radius 3 is 2.06 bits per heavy atom. The molecule has 0 spiro atoms. The van der Waals surface area contributed by atoms with E-state index in [-0.39, 0.29) is 12.2 Å². The maximum Gasteiger partial charge on any atom is 0.150 e. The van der Waals surface area contributed by atoms with Gasteiger partial charge in [-0.05, 0) is 24.3 Å². The van der Waals surface area contributed by atoms with E-state index < -0.39 is 0 Å². The number of hydrogen-bond donors (Lipinski definition) is 0. The molecule has 1 aliphatic heterocycles. The van der Waals surface area contributed by atoms with E-state index in [0.29, 0.717) is 5.56 Å². The molecule has 0 radical (unpaired) electrons. The summed E-state index contributed by atoms with van der Waals surface area (Å²) in [6.45, 7) is 1.63. The standard InChI is InChI=1S/C13H17NO3/c1-16-12-7-14(8-13(12)17-2)11-5-3-10(9-15)4-6-11/h3-6,9,12-13H,7-8H2,1-2H3. The second-order valence-electron chi connectivity index (χ2n) is 4.16. The average molecular weight is 235 g/mol. The number of carbonyl (C=O) groups is 1. The van der Waals surface area contributed by atoms with Crippen LogP contribution in [0.2, 0.25) is 0 Å². The van der Waals surface area contributed by atoms with Crippen LogP contribution in [-0.4, -0.2) is 45.8 Å². The number of anilines is 1. The van der Waals surface area contributed by atoms with E-state index in [9.17, 15) is 4.79 Å². The first-order chi connectivity index (χ1) is 8.28. The number of benzene rings is 1. The molecular formula is C13H17NO3. The van der Waals surface area contributed by atoms with Crippen LogP contribution in [0.4, 0.5) is 5.69 Å². The summed E-state index contributed by atoms with van der Waals surface area (Å²) in [6.07, 6.45) is 1.06. The van der Waals surface area contributed by atoms with Crippen molar-refractivity contribution >= 4 is 12.0 Å². The summed E-state index contributed by atoms with van der Waals surface area (Å²) in [5.74, 6) is 0. The smallest absolute Gasteiger partial charge is 0.150 e. The molecule has 4 heteroatoms. The monoisotopic (exact) mass is 235 g/mol. The van der Waals surface area contributed by atoms with Crippen molar-refractivity contribution in [1.82, 2.24) is 0 Å². The third kappa shape index (κ3) is 2.48. The van der Waals surface area contributed by atoms with Crippen LogP contribution in [0.15, 0.2) is 24.3 Å². The topological polar surface area (TPSA) is 38.8 Å². The van der Waals surface area contributed by atoms with Crippen LogP contribution < -0.4 is 4.90 Å². The van der Waals surface area contributed by atoms with Gasteiger partial charge in [0.2, 0.25) is 0 Å². The molecule has 2 unspecified atom stereocenters. The number of nitrogens with zero attached hydrogens (tertiary/aromatic N) is 1. The average Bonchev–Trinajstić information content (AvgIpc) is 2.82. The lowest BCUT2D eigenvalue weighted by atomic mass is 10.2. The summed E-state index contributed by atoms with van der Waals surface area (Å²) >= 11 is 0. The quantitative estimate of drug-likeness (QED) is 0.738. The van der Waals surface area contributed by atoms with Crippen molar-refractivity contribution in [3.05, 3.63) is 29.8 Å². The van der Waals surface area contributed by atoms with Gasteiger partial charge in [0, 0.05) is 38.6 Å². The number of hydrogen-bond acceptors (Lipinski definition) is 4. The largest absolute Gasteiger partial charge is 0.377 e. The zero-order chi connectivity index (χ0) is 12.3. The Labute approximate surface area is 101 Å². The lowest BCUT2D eigenvalue weighted by Gasteiger charge is -2.17.